The summed E-state index contributed by atoms with van der Waals surface area (Å²) in [7, 11) is 0. The van der Waals surface area contributed by atoms with Crippen LogP contribution in [0.25, 0.3) is 6.08 Å². The Hall–Kier alpha value is -1.75. The Kier molecular flexibility index (Phi) is 2.51. The molecule has 1 aliphatic rings. The number of hydrogen-bond donors (Lipinski definition) is 0. The van der Waals surface area contributed by atoms with Gasteiger partial charge in [0, 0.05) is 12.8 Å². The van der Waals surface area contributed by atoms with E-state index < -0.39 is 0 Å². The first-order valence-corrected chi connectivity index (χ1v) is 4.68. The summed E-state index contributed by atoms with van der Waals surface area (Å²) in [6.45, 7) is 0.632. The first-order chi connectivity index (χ1) is 6.90. The van der Waals surface area contributed by atoms with E-state index >= 15 is 0 Å². The number of hydrogen-bond acceptors (Lipinski definition) is 2. The number of benzene rings is 1. The van der Waals surface area contributed by atoms with Crippen LogP contribution in [0, 0.1) is 11.3 Å². The van der Waals surface area contributed by atoms with Crippen molar-refractivity contribution in [2.75, 3.05) is 0 Å². The van der Waals surface area contributed by atoms with Crippen molar-refractivity contribution in [2.24, 2.45) is 0 Å². The summed E-state index contributed by atoms with van der Waals surface area (Å²) < 4.78 is 5.52. The molecule has 0 unspecified atom stereocenters. The molecule has 0 spiro atoms. The van der Waals surface area contributed by atoms with Crippen molar-refractivity contribution in [1.82, 2.24) is 0 Å². The number of nitrogens with zero attached hydrogens (tertiary/aromatic N) is 1. The molecule has 1 aliphatic heterocycles. The zero-order valence-corrected chi connectivity index (χ0v) is 7.86. The van der Waals surface area contributed by atoms with Gasteiger partial charge in [-0.15, -0.1) is 0 Å². The minimum absolute atomic E-state index is 0.522. The van der Waals surface area contributed by atoms with Gasteiger partial charge in [0.25, 0.3) is 0 Å². The second kappa shape index (κ2) is 3.97. The fourth-order valence-electron chi connectivity index (χ4n) is 1.52. The quantitative estimate of drug-likeness (QED) is 0.709. The van der Waals surface area contributed by atoms with Crippen LogP contribution in [0.1, 0.15) is 24.0 Å². The molecule has 70 valence electrons. The first-order valence-electron chi connectivity index (χ1n) is 4.68. The zero-order chi connectivity index (χ0) is 9.80. The van der Waals surface area contributed by atoms with Crippen molar-refractivity contribution in [3.63, 3.8) is 0 Å². The van der Waals surface area contributed by atoms with E-state index in [0.717, 1.165) is 5.76 Å². The monoisotopic (exact) mass is 185 g/mol. The van der Waals surface area contributed by atoms with Gasteiger partial charge in [-0.25, -0.2) is 0 Å². The fraction of sp³-hybridized carbons (Fsp3) is 0.250. The van der Waals surface area contributed by atoms with Crippen molar-refractivity contribution in [3.05, 3.63) is 41.2 Å². The van der Waals surface area contributed by atoms with Crippen LogP contribution < -0.4 is 0 Å². The minimum atomic E-state index is 0.522. The molecule has 0 aliphatic carbocycles. The van der Waals surface area contributed by atoms with Gasteiger partial charge in [-0.05, 0) is 17.2 Å². The molecule has 0 saturated heterocycles. The van der Waals surface area contributed by atoms with Crippen molar-refractivity contribution in [2.45, 2.75) is 19.4 Å². The molecule has 0 saturated carbocycles. The molecule has 0 aromatic heterocycles. The standard InChI is InChI=1S/C12H11NO/c13-7-3-6-12-8-10-4-1-2-5-11(10)9-14-12/h1-2,4-5,8H,3,6,9H2. The Labute approximate surface area is 83.4 Å². The summed E-state index contributed by atoms with van der Waals surface area (Å²) in [6.07, 6.45) is 3.26. The maximum Gasteiger partial charge on any atom is 0.113 e. The molecule has 2 rings (SSSR count). The Balaban J connectivity index is 2.19. The molecular weight excluding hydrogens is 174 g/mol. The first kappa shape index (κ1) is 8.83. The Morgan fingerprint density at radius 2 is 2.21 bits per heavy atom. The summed E-state index contributed by atoms with van der Waals surface area (Å²) in [5.41, 5.74) is 2.43. The molecule has 14 heavy (non-hydrogen) atoms. The molecule has 2 heteroatoms. The van der Waals surface area contributed by atoms with E-state index in [4.69, 9.17) is 10.00 Å². The number of allylic oxidation sites excluding steroid dienone is 1. The number of rotatable bonds is 2. The molecule has 0 N–H and O–H groups in total. The highest BCUT2D eigenvalue weighted by atomic mass is 16.5. The topological polar surface area (TPSA) is 33.0 Å². The Morgan fingerprint density at radius 1 is 1.36 bits per heavy atom. The highest BCUT2D eigenvalue weighted by Crippen LogP contribution is 2.23. The van der Waals surface area contributed by atoms with E-state index in [1.54, 1.807) is 0 Å². The molecule has 0 fully saturated rings. The van der Waals surface area contributed by atoms with Gasteiger partial charge in [0.15, 0.2) is 0 Å². The van der Waals surface area contributed by atoms with Crippen LogP contribution in [0.5, 0.6) is 0 Å². The predicted octanol–water partition coefficient (Wildman–Crippen LogP) is 2.86. The smallest absolute Gasteiger partial charge is 0.113 e. The Bertz CT molecular complexity index is 401. The maximum atomic E-state index is 8.46. The van der Waals surface area contributed by atoms with Gasteiger partial charge in [-0.3, -0.25) is 0 Å². The molecule has 0 atom stereocenters. The van der Waals surface area contributed by atoms with E-state index in [-0.39, 0.29) is 0 Å². The van der Waals surface area contributed by atoms with Gasteiger partial charge in [-0.1, -0.05) is 24.3 Å². The van der Waals surface area contributed by atoms with E-state index in [0.29, 0.717) is 19.4 Å². The molecule has 0 bridgehead atoms. The largest absolute Gasteiger partial charge is 0.493 e. The molecule has 1 heterocycles. The summed E-state index contributed by atoms with van der Waals surface area (Å²) in [5, 5.41) is 8.46. The summed E-state index contributed by atoms with van der Waals surface area (Å²) >= 11 is 0. The van der Waals surface area contributed by atoms with Crippen LogP contribution >= 0.6 is 0 Å². The highest BCUT2D eigenvalue weighted by Gasteiger charge is 2.09. The normalized spacial score (nSPS) is 13.5. The second-order valence-electron chi connectivity index (χ2n) is 3.26. The average Bonchev–Trinajstić information content (AvgIpc) is 2.26. The zero-order valence-electron chi connectivity index (χ0n) is 7.86. The maximum absolute atomic E-state index is 8.46. The third-order valence-corrected chi connectivity index (χ3v) is 2.27. The van der Waals surface area contributed by atoms with E-state index in [9.17, 15) is 0 Å². The van der Waals surface area contributed by atoms with Crippen molar-refractivity contribution >= 4 is 6.08 Å². The summed E-state index contributed by atoms with van der Waals surface area (Å²) in [4.78, 5) is 0. The van der Waals surface area contributed by atoms with Gasteiger partial charge in [0.05, 0.1) is 11.8 Å². The number of fused-ring (bicyclic) bond motifs is 1. The van der Waals surface area contributed by atoms with E-state index in [1.165, 1.54) is 11.1 Å². The second-order valence-corrected chi connectivity index (χ2v) is 3.26. The third-order valence-electron chi connectivity index (χ3n) is 2.27. The van der Waals surface area contributed by atoms with Crippen molar-refractivity contribution in [1.29, 1.82) is 5.26 Å². The molecule has 2 nitrogen and oxygen atoms in total. The van der Waals surface area contributed by atoms with Gasteiger partial charge < -0.3 is 4.74 Å². The minimum Gasteiger partial charge on any atom is -0.493 e. The predicted molar refractivity (Wildman–Crippen MR) is 54.1 cm³/mol. The van der Waals surface area contributed by atoms with Crippen LogP contribution in [-0.2, 0) is 11.3 Å². The van der Waals surface area contributed by atoms with E-state index in [2.05, 4.69) is 18.2 Å². The van der Waals surface area contributed by atoms with E-state index in [1.807, 2.05) is 18.2 Å². The van der Waals surface area contributed by atoms with Crippen LogP contribution in [0.4, 0.5) is 0 Å². The number of ether oxygens (including phenoxy) is 1. The van der Waals surface area contributed by atoms with Crippen molar-refractivity contribution in [3.8, 4) is 6.07 Å². The van der Waals surface area contributed by atoms with Crippen LogP contribution in [0.15, 0.2) is 30.0 Å². The van der Waals surface area contributed by atoms with Crippen LogP contribution in [-0.4, -0.2) is 0 Å². The van der Waals surface area contributed by atoms with Crippen LogP contribution in [0.3, 0.4) is 0 Å². The van der Waals surface area contributed by atoms with Crippen molar-refractivity contribution < 1.29 is 4.74 Å². The highest BCUT2D eigenvalue weighted by molar-refractivity contribution is 5.57. The lowest BCUT2D eigenvalue weighted by Gasteiger charge is -2.17. The lowest BCUT2D eigenvalue weighted by Crippen LogP contribution is -2.01. The lowest BCUT2D eigenvalue weighted by atomic mass is 10.0. The lowest BCUT2D eigenvalue weighted by molar-refractivity contribution is 0.188. The third kappa shape index (κ3) is 1.77. The molecular formula is C12H11NO. The fourth-order valence-corrected chi connectivity index (χ4v) is 1.52. The van der Waals surface area contributed by atoms with Gasteiger partial charge in [-0.2, -0.15) is 5.26 Å². The average molecular weight is 185 g/mol. The summed E-state index contributed by atoms with van der Waals surface area (Å²) in [6, 6.07) is 10.3. The van der Waals surface area contributed by atoms with Gasteiger partial charge in [0.2, 0.25) is 0 Å². The molecule has 1 aromatic rings. The number of nitriles is 1. The van der Waals surface area contributed by atoms with Crippen LogP contribution in [0.2, 0.25) is 0 Å². The molecule has 0 radical (unpaired) electrons. The van der Waals surface area contributed by atoms with Gasteiger partial charge in [0.1, 0.15) is 6.61 Å². The Morgan fingerprint density at radius 3 is 3.07 bits per heavy atom. The molecule has 0 amide bonds. The van der Waals surface area contributed by atoms with Gasteiger partial charge >= 0.3 is 0 Å². The molecule has 1 aromatic carbocycles. The summed E-state index contributed by atoms with van der Waals surface area (Å²) in [5.74, 6) is 0.922. The SMILES string of the molecule is N#CCCC1=Cc2ccccc2CO1.